The average molecular weight is 388 g/mol. The molecule has 0 heterocycles. The summed E-state index contributed by atoms with van der Waals surface area (Å²) in [6.07, 6.45) is 2.29. The predicted molar refractivity (Wildman–Crippen MR) is 107 cm³/mol. The smallest absolute Gasteiger partial charge is 0.233 e. The van der Waals surface area contributed by atoms with Crippen LogP contribution in [0.25, 0.3) is 6.08 Å². The third-order valence-electron chi connectivity index (χ3n) is 3.79. The zero-order chi connectivity index (χ0) is 19.5. The normalized spacial score (nSPS) is 11.4. The lowest BCUT2D eigenvalue weighted by molar-refractivity contribution is -0.120. The molecular weight excluding hydrogens is 364 g/mol. The van der Waals surface area contributed by atoms with E-state index in [4.69, 9.17) is 4.74 Å². The van der Waals surface area contributed by atoms with Crippen molar-refractivity contribution in [3.63, 3.8) is 0 Å². The fourth-order valence-corrected chi connectivity index (χ4v) is 3.13. The van der Waals surface area contributed by atoms with Gasteiger partial charge in [0, 0.05) is 24.9 Å². The lowest BCUT2D eigenvalue weighted by Crippen LogP contribution is -2.30. The Morgan fingerprint density at radius 1 is 1.04 bits per heavy atom. The minimum atomic E-state index is -3.57. The highest BCUT2D eigenvalue weighted by Gasteiger charge is 2.07. The summed E-state index contributed by atoms with van der Waals surface area (Å²) >= 11 is 0. The third kappa shape index (κ3) is 8.06. The Labute approximate surface area is 160 Å². The van der Waals surface area contributed by atoms with Crippen LogP contribution in [0.15, 0.2) is 60.0 Å². The molecule has 0 aliphatic carbocycles. The number of amides is 1. The van der Waals surface area contributed by atoms with E-state index in [1.807, 2.05) is 54.6 Å². The van der Waals surface area contributed by atoms with Crippen LogP contribution >= 0.6 is 0 Å². The van der Waals surface area contributed by atoms with Crippen molar-refractivity contribution in [2.75, 3.05) is 20.2 Å². The minimum absolute atomic E-state index is 0.0514. The first-order chi connectivity index (χ1) is 13.0. The van der Waals surface area contributed by atoms with Crippen LogP contribution in [0.3, 0.4) is 0 Å². The van der Waals surface area contributed by atoms with Gasteiger partial charge in [-0.15, -0.1) is 0 Å². The highest BCUT2D eigenvalue weighted by atomic mass is 32.2. The maximum Gasteiger partial charge on any atom is 0.233 e. The Morgan fingerprint density at radius 3 is 2.41 bits per heavy atom. The van der Waals surface area contributed by atoms with Crippen LogP contribution in [-0.2, 0) is 21.2 Å². The van der Waals surface area contributed by atoms with Crippen molar-refractivity contribution < 1.29 is 17.9 Å². The molecule has 144 valence electrons. The summed E-state index contributed by atoms with van der Waals surface area (Å²) in [5, 5.41) is 3.88. The van der Waals surface area contributed by atoms with Crippen molar-refractivity contribution in [2.45, 2.75) is 12.8 Å². The summed E-state index contributed by atoms with van der Waals surface area (Å²) in [6, 6.07) is 16.8. The van der Waals surface area contributed by atoms with Crippen molar-refractivity contribution in [1.29, 1.82) is 0 Å². The molecule has 27 heavy (non-hydrogen) atoms. The first-order valence-corrected chi connectivity index (χ1v) is 10.2. The van der Waals surface area contributed by atoms with Gasteiger partial charge in [0.25, 0.3) is 0 Å². The number of sulfonamides is 1. The van der Waals surface area contributed by atoms with Crippen LogP contribution in [0.1, 0.15) is 17.5 Å². The molecule has 0 spiro atoms. The van der Waals surface area contributed by atoms with Crippen molar-refractivity contribution in [2.24, 2.45) is 0 Å². The first-order valence-electron chi connectivity index (χ1n) is 8.61. The molecular formula is C20H24N2O4S. The van der Waals surface area contributed by atoms with Crippen LogP contribution in [-0.4, -0.2) is 34.5 Å². The van der Waals surface area contributed by atoms with Gasteiger partial charge in [0.05, 0.1) is 7.11 Å². The molecule has 0 radical (unpaired) electrons. The number of rotatable bonds is 10. The molecule has 6 nitrogen and oxygen atoms in total. The van der Waals surface area contributed by atoms with Crippen molar-refractivity contribution in [1.82, 2.24) is 10.0 Å². The third-order valence-corrected chi connectivity index (χ3v) is 4.89. The minimum Gasteiger partial charge on any atom is -0.497 e. The number of methoxy groups -OCH3 is 1. The number of ether oxygens (including phenoxy) is 1. The summed E-state index contributed by atoms with van der Waals surface area (Å²) in [7, 11) is -1.96. The van der Waals surface area contributed by atoms with Crippen LogP contribution < -0.4 is 14.8 Å². The molecule has 1 amide bonds. The highest BCUT2D eigenvalue weighted by molar-refractivity contribution is 7.92. The standard InChI is InChI=1S/C20H24N2O4S/c1-26-19-9-7-18(8-10-19)11-14-21-20(23)12-15-22-27(24,25)16-13-17-5-3-2-4-6-17/h2-10,13,16,22H,11-12,14-15H2,1H3,(H,21,23)/b16-13+. The summed E-state index contributed by atoms with van der Waals surface area (Å²) in [5.74, 6) is 0.592. The number of benzene rings is 2. The van der Waals surface area contributed by atoms with E-state index in [2.05, 4.69) is 10.0 Å². The van der Waals surface area contributed by atoms with Gasteiger partial charge in [-0.05, 0) is 35.8 Å². The van der Waals surface area contributed by atoms with Gasteiger partial charge in [0.1, 0.15) is 5.75 Å². The van der Waals surface area contributed by atoms with Gasteiger partial charge in [0.2, 0.25) is 15.9 Å². The van der Waals surface area contributed by atoms with Crippen LogP contribution in [0.4, 0.5) is 0 Å². The monoisotopic (exact) mass is 388 g/mol. The number of nitrogens with one attached hydrogen (secondary N) is 2. The summed E-state index contributed by atoms with van der Waals surface area (Å²) in [4.78, 5) is 11.8. The molecule has 2 N–H and O–H groups in total. The fraction of sp³-hybridized carbons (Fsp3) is 0.250. The van der Waals surface area contributed by atoms with E-state index in [0.29, 0.717) is 13.0 Å². The molecule has 0 atom stereocenters. The lowest BCUT2D eigenvalue weighted by atomic mass is 10.1. The molecule has 0 aliphatic heterocycles. The van der Waals surface area contributed by atoms with Crippen LogP contribution in [0.5, 0.6) is 5.75 Å². The zero-order valence-corrected chi connectivity index (χ0v) is 16.0. The SMILES string of the molecule is COc1ccc(CCNC(=O)CCNS(=O)(=O)/C=C/c2ccccc2)cc1. The van der Waals surface area contributed by atoms with E-state index in [-0.39, 0.29) is 18.9 Å². The number of hydrogen-bond donors (Lipinski definition) is 2. The van der Waals surface area contributed by atoms with Crippen LogP contribution in [0.2, 0.25) is 0 Å². The Hall–Kier alpha value is -2.64. The molecule has 2 aromatic rings. The Bertz CT molecular complexity index is 847. The Balaban J connectivity index is 1.66. The molecule has 7 heteroatoms. The number of hydrogen-bond acceptors (Lipinski definition) is 4. The Morgan fingerprint density at radius 2 is 1.74 bits per heavy atom. The van der Waals surface area contributed by atoms with Gasteiger partial charge >= 0.3 is 0 Å². The van der Waals surface area contributed by atoms with Gasteiger partial charge in [-0.1, -0.05) is 42.5 Å². The van der Waals surface area contributed by atoms with E-state index >= 15 is 0 Å². The van der Waals surface area contributed by atoms with Gasteiger partial charge in [0.15, 0.2) is 0 Å². The van der Waals surface area contributed by atoms with E-state index in [0.717, 1.165) is 22.3 Å². The highest BCUT2D eigenvalue weighted by Crippen LogP contribution is 2.11. The molecule has 0 unspecified atom stereocenters. The first kappa shape index (κ1) is 20.7. The molecule has 0 saturated carbocycles. The molecule has 0 fully saturated rings. The van der Waals surface area contributed by atoms with Gasteiger partial charge in [-0.25, -0.2) is 13.1 Å². The lowest BCUT2D eigenvalue weighted by Gasteiger charge is -2.07. The number of carbonyl (C=O) groups excluding carboxylic acids is 1. The summed E-state index contributed by atoms with van der Waals surface area (Å²) in [6.45, 7) is 0.543. The second kappa shape index (κ2) is 10.5. The van der Waals surface area contributed by atoms with E-state index in [9.17, 15) is 13.2 Å². The fourth-order valence-electron chi connectivity index (χ4n) is 2.31. The molecule has 0 aromatic heterocycles. The van der Waals surface area contributed by atoms with Crippen molar-refractivity contribution >= 4 is 22.0 Å². The second-order valence-electron chi connectivity index (χ2n) is 5.85. The molecule has 2 rings (SSSR count). The summed E-state index contributed by atoms with van der Waals surface area (Å²) in [5.41, 5.74) is 1.88. The number of carbonyl (C=O) groups is 1. The Kier molecular flexibility index (Phi) is 8.03. The molecule has 0 saturated heterocycles. The largest absolute Gasteiger partial charge is 0.497 e. The second-order valence-corrected chi connectivity index (χ2v) is 7.50. The summed E-state index contributed by atoms with van der Waals surface area (Å²) < 4.78 is 31.3. The maximum absolute atomic E-state index is 11.9. The van der Waals surface area contributed by atoms with Crippen molar-refractivity contribution in [3.05, 3.63) is 71.1 Å². The quantitative estimate of drug-likeness (QED) is 0.654. The topological polar surface area (TPSA) is 84.5 Å². The van der Waals surface area contributed by atoms with E-state index in [1.165, 1.54) is 6.08 Å². The van der Waals surface area contributed by atoms with Crippen LogP contribution in [0, 0.1) is 0 Å². The molecule has 0 aliphatic rings. The van der Waals surface area contributed by atoms with Gasteiger partial charge in [-0.2, -0.15) is 0 Å². The van der Waals surface area contributed by atoms with Gasteiger partial charge < -0.3 is 10.1 Å². The molecule has 2 aromatic carbocycles. The molecule has 0 bridgehead atoms. The van der Waals surface area contributed by atoms with E-state index < -0.39 is 10.0 Å². The average Bonchev–Trinajstić information content (AvgIpc) is 2.68. The van der Waals surface area contributed by atoms with Gasteiger partial charge in [-0.3, -0.25) is 4.79 Å². The zero-order valence-electron chi connectivity index (χ0n) is 15.2. The predicted octanol–water partition coefficient (Wildman–Crippen LogP) is 2.33. The maximum atomic E-state index is 11.9. The van der Waals surface area contributed by atoms with E-state index in [1.54, 1.807) is 7.11 Å². The van der Waals surface area contributed by atoms with Crippen molar-refractivity contribution in [3.8, 4) is 5.75 Å².